The molecule has 0 spiro atoms. The molecule has 0 radical (unpaired) electrons. The van der Waals surface area contributed by atoms with Crippen molar-refractivity contribution in [1.82, 2.24) is 9.97 Å². The minimum Gasteiger partial charge on any atom is -0.370 e. The molecular formula is C21H22Cl2N2OS3. The number of rotatable bonds is 6. The second-order valence-electron chi connectivity index (χ2n) is 7.59. The van der Waals surface area contributed by atoms with Gasteiger partial charge in [-0.2, -0.15) is 0 Å². The molecule has 3 heterocycles. The van der Waals surface area contributed by atoms with Crippen molar-refractivity contribution in [3.8, 4) is 0 Å². The molecule has 0 fully saturated rings. The average Bonchev–Trinajstić information content (AvgIpc) is 3.02. The molecule has 0 bridgehead atoms. The molecular weight excluding hydrogens is 463 g/mol. The van der Waals surface area contributed by atoms with E-state index >= 15 is 0 Å². The van der Waals surface area contributed by atoms with Gasteiger partial charge in [0.05, 0.1) is 12.2 Å². The first kappa shape index (κ1) is 21.7. The Bertz CT molecular complexity index is 1050. The highest BCUT2D eigenvalue weighted by molar-refractivity contribution is 7.99. The standard InChI is InChI=1S/C21H22Cl2N2OS3/c1-4-7-27-20-24-18(28-11-12-5-6-13(22)8-15(12)23)17-14-9-21(2,3)26-10-16(14)29-19(17)25-20/h5-6,8H,4,7,9-11H2,1-3H3. The topological polar surface area (TPSA) is 35.0 Å². The van der Waals surface area contributed by atoms with Crippen molar-refractivity contribution in [3.05, 3.63) is 44.2 Å². The summed E-state index contributed by atoms with van der Waals surface area (Å²) in [4.78, 5) is 12.1. The fourth-order valence-corrected chi connectivity index (χ4v) is 6.84. The van der Waals surface area contributed by atoms with E-state index in [-0.39, 0.29) is 5.60 Å². The normalized spacial score (nSPS) is 15.6. The van der Waals surface area contributed by atoms with Gasteiger partial charge in [-0.05, 0) is 43.5 Å². The van der Waals surface area contributed by atoms with E-state index in [2.05, 4.69) is 20.8 Å². The Kier molecular flexibility index (Phi) is 6.69. The predicted molar refractivity (Wildman–Crippen MR) is 127 cm³/mol. The number of nitrogens with zero attached hydrogens (tertiary/aromatic N) is 2. The molecule has 0 atom stereocenters. The van der Waals surface area contributed by atoms with Gasteiger partial charge in [-0.1, -0.05) is 48.0 Å². The van der Waals surface area contributed by atoms with E-state index in [1.54, 1.807) is 40.9 Å². The third-order valence-corrected chi connectivity index (χ3v) is 8.46. The molecule has 154 valence electrons. The molecule has 3 aromatic rings. The Hall–Kier alpha value is -0.500. The third-order valence-electron chi connectivity index (χ3n) is 4.69. The molecule has 2 aromatic heterocycles. The molecule has 0 saturated heterocycles. The van der Waals surface area contributed by atoms with Gasteiger partial charge in [0.1, 0.15) is 9.86 Å². The fraction of sp³-hybridized carbons (Fsp3) is 0.429. The highest BCUT2D eigenvalue weighted by Gasteiger charge is 2.31. The molecule has 8 heteroatoms. The Balaban J connectivity index is 1.74. The van der Waals surface area contributed by atoms with Crippen LogP contribution in [-0.2, 0) is 23.5 Å². The van der Waals surface area contributed by atoms with Gasteiger partial charge in [0, 0.05) is 38.2 Å². The van der Waals surface area contributed by atoms with Crippen LogP contribution >= 0.6 is 58.1 Å². The number of thioether (sulfide) groups is 2. The van der Waals surface area contributed by atoms with Gasteiger partial charge in [0.15, 0.2) is 5.16 Å². The molecule has 0 N–H and O–H groups in total. The molecule has 4 rings (SSSR count). The van der Waals surface area contributed by atoms with Crippen molar-refractivity contribution >= 4 is 68.3 Å². The van der Waals surface area contributed by atoms with Gasteiger partial charge in [0.2, 0.25) is 0 Å². The summed E-state index contributed by atoms with van der Waals surface area (Å²) in [5.74, 6) is 1.75. The zero-order chi connectivity index (χ0) is 20.6. The SMILES string of the molecule is CCCSc1nc(SCc2ccc(Cl)cc2Cl)c2c3c(sc2n1)COC(C)(C)C3. The molecule has 1 aliphatic heterocycles. The minimum atomic E-state index is -0.169. The molecule has 0 amide bonds. The number of thiophene rings is 1. The van der Waals surface area contributed by atoms with Crippen molar-refractivity contribution in [3.63, 3.8) is 0 Å². The van der Waals surface area contributed by atoms with Crippen molar-refractivity contribution in [2.45, 2.75) is 61.8 Å². The second kappa shape index (κ2) is 8.93. The van der Waals surface area contributed by atoms with Gasteiger partial charge in [-0.25, -0.2) is 9.97 Å². The van der Waals surface area contributed by atoms with Crippen LogP contribution in [0.15, 0.2) is 28.4 Å². The summed E-state index contributed by atoms with van der Waals surface area (Å²) in [5, 5.41) is 4.42. The third kappa shape index (κ3) is 4.89. The number of fused-ring (bicyclic) bond motifs is 3. The number of halogens is 2. The van der Waals surface area contributed by atoms with Crippen LogP contribution in [0.25, 0.3) is 10.2 Å². The van der Waals surface area contributed by atoms with E-state index in [1.165, 1.54) is 15.8 Å². The van der Waals surface area contributed by atoms with E-state index < -0.39 is 0 Å². The van der Waals surface area contributed by atoms with Crippen LogP contribution in [0.5, 0.6) is 0 Å². The van der Waals surface area contributed by atoms with Crippen molar-refractivity contribution in [2.24, 2.45) is 0 Å². The minimum absolute atomic E-state index is 0.169. The molecule has 1 aromatic carbocycles. The van der Waals surface area contributed by atoms with Crippen LogP contribution in [0.2, 0.25) is 10.0 Å². The van der Waals surface area contributed by atoms with Gasteiger partial charge in [-0.3, -0.25) is 0 Å². The lowest BCUT2D eigenvalue weighted by Gasteiger charge is -2.30. The number of benzene rings is 1. The Morgan fingerprint density at radius 3 is 2.79 bits per heavy atom. The zero-order valence-corrected chi connectivity index (χ0v) is 20.5. The maximum absolute atomic E-state index is 6.40. The first-order valence-electron chi connectivity index (χ1n) is 9.52. The fourth-order valence-electron chi connectivity index (χ4n) is 3.24. The summed E-state index contributed by atoms with van der Waals surface area (Å²) in [5.41, 5.74) is 2.24. The van der Waals surface area contributed by atoms with E-state index in [0.29, 0.717) is 16.7 Å². The average molecular weight is 486 g/mol. The van der Waals surface area contributed by atoms with Crippen LogP contribution in [0.1, 0.15) is 43.2 Å². The number of hydrogen-bond acceptors (Lipinski definition) is 6. The molecule has 29 heavy (non-hydrogen) atoms. The van der Waals surface area contributed by atoms with Crippen LogP contribution in [0.3, 0.4) is 0 Å². The highest BCUT2D eigenvalue weighted by Crippen LogP contribution is 2.43. The van der Waals surface area contributed by atoms with Crippen LogP contribution in [0.4, 0.5) is 0 Å². The Morgan fingerprint density at radius 2 is 2.03 bits per heavy atom. The maximum Gasteiger partial charge on any atom is 0.190 e. The number of ether oxygens (including phenoxy) is 1. The lowest BCUT2D eigenvalue weighted by molar-refractivity contribution is -0.0379. The monoisotopic (exact) mass is 484 g/mol. The second-order valence-corrected chi connectivity index (χ2v) is 11.5. The van der Waals surface area contributed by atoms with Crippen molar-refractivity contribution in [2.75, 3.05) is 5.75 Å². The molecule has 0 saturated carbocycles. The quantitative estimate of drug-likeness (QED) is 0.204. The largest absolute Gasteiger partial charge is 0.370 e. The summed E-state index contributed by atoms with van der Waals surface area (Å²) < 4.78 is 6.03. The first-order chi connectivity index (χ1) is 13.9. The number of aromatic nitrogens is 2. The van der Waals surface area contributed by atoms with E-state index in [0.717, 1.165) is 44.9 Å². The maximum atomic E-state index is 6.40. The predicted octanol–water partition coefficient (Wildman–Crippen LogP) is 7.64. The van der Waals surface area contributed by atoms with E-state index in [4.69, 9.17) is 37.9 Å². The first-order valence-corrected chi connectivity index (χ1v) is 13.1. The number of hydrogen-bond donors (Lipinski definition) is 0. The molecule has 1 aliphatic rings. The van der Waals surface area contributed by atoms with Gasteiger partial charge in [-0.15, -0.1) is 23.1 Å². The summed E-state index contributed by atoms with van der Waals surface area (Å²) in [6.07, 6.45) is 1.97. The van der Waals surface area contributed by atoms with Crippen molar-refractivity contribution in [1.29, 1.82) is 0 Å². The summed E-state index contributed by atoms with van der Waals surface area (Å²) in [7, 11) is 0. The highest BCUT2D eigenvalue weighted by atomic mass is 35.5. The molecule has 0 unspecified atom stereocenters. The summed E-state index contributed by atoms with van der Waals surface area (Å²) in [6, 6.07) is 5.67. The van der Waals surface area contributed by atoms with Crippen LogP contribution in [-0.4, -0.2) is 21.3 Å². The Labute approximate surface area is 193 Å². The molecule has 0 aliphatic carbocycles. The molecule has 3 nitrogen and oxygen atoms in total. The van der Waals surface area contributed by atoms with Gasteiger partial charge in [0.25, 0.3) is 0 Å². The smallest absolute Gasteiger partial charge is 0.190 e. The van der Waals surface area contributed by atoms with Crippen LogP contribution in [0, 0.1) is 0 Å². The lowest BCUT2D eigenvalue weighted by atomic mass is 9.95. The summed E-state index contributed by atoms with van der Waals surface area (Å²) >= 11 is 17.6. The van der Waals surface area contributed by atoms with Gasteiger partial charge >= 0.3 is 0 Å². The summed E-state index contributed by atoms with van der Waals surface area (Å²) in [6.45, 7) is 7.11. The van der Waals surface area contributed by atoms with E-state index in [1.807, 2.05) is 12.1 Å². The van der Waals surface area contributed by atoms with Crippen molar-refractivity contribution < 1.29 is 4.74 Å². The zero-order valence-electron chi connectivity index (χ0n) is 16.6. The van der Waals surface area contributed by atoms with Crippen LogP contribution < -0.4 is 0 Å². The van der Waals surface area contributed by atoms with Gasteiger partial charge < -0.3 is 4.74 Å². The Morgan fingerprint density at radius 1 is 1.21 bits per heavy atom. The lowest BCUT2D eigenvalue weighted by Crippen LogP contribution is -2.31. The van der Waals surface area contributed by atoms with E-state index in [9.17, 15) is 0 Å².